The van der Waals surface area contributed by atoms with Crippen LogP contribution in [-0.2, 0) is 0 Å². The number of fused-ring (bicyclic) bond motifs is 6. The molecular formula is C54H38N2Si. The lowest BCUT2D eigenvalue weighted by molar-refractivity contribution is 1.17. The second kappa shape index (κ2) is 13.5. The standard InChI is InChI=1S/C54H38N2Si/c1-5-18-39(19-6-1)46-28-17-31-53-54(46)49-38-41(56-50-29-15-13-26-47(50)48-27-14-16-30-51(48)56)34-37-52(49)55(53)40-32-35-45(36-33-40)57(42-20-7-2-8-21-42,43-22-9-3-10-23-43)44-24-11-4-12-25-44/h1-38H. The van der Waals surface area contributed by atoms with E-state index >= 15 is 0 Å². The normalized spacial score (nSPS) is 11.9. The first kappa shape index (κ1) is 33.2. The van der Waals surface area contributed by atoms with Crippen molar-refractivity contribution in [3.05, 3.63) is 231 Å². The third kappa shape index (κ3) is 5.17. The maximum absolute atomic E-state index is 2.66. The van der Waals surface area contributed by atoms with Gasteiger partial charge < -0.3 is 9.13 Å². The molecule has 2 heterocycles. The summed E-state index contributed by atoms with van der Waals surface area (Å²) >= 11 is 0. The van der Waals surface area contributed by atoms with Crippen LogP contribution in [0, 0.1) is 0 Å². The third-order valence-corrected chi connectivity index (χ3v) is 16.7. The van der Waals surface area contributed by atoms with Gasteiger partial charge in [-0.05, 0) is 80.4 Å². The Bertz CT molecular complexity index is 3050. The molecule has 0 saturated carbocycles. The molecule has 2 aromatic heterocycles. The summed E-state index contributed by atoms with van der Waals surface area (Å²) in [6.07, 6.45) is 0. The summed E-state index contributed by atoms with van der Waals surface area (Å²) in [5, 5.41) is 10.5. The van der Waals surface area contributed by atoms with E-state index in [0.717, 1.165) is 11.4 Å². The molecule has 57 heavy (non-hydrogen) atoms. The molecule has 268 valence electrons. The van der Waals surface area contributed by atoms with Crippen LogP contribution in [0.1, 0.15) is 0 Å². The van der Waals surface area contributed by atoms with E-state index in [4.69, 9.17) is 0 Å². The van der Waals surface area contributed by atoms with Crippen molar-refractivity contribution in [2.24, 2.45) is 0 Å². The molecule has 0 aliphatic carbocycles. The Morgan fingerprint density at radius 1 is 0.281 bits per heavy atom. The van der Waals surface area contributed by atoms with Gasteiger partial charge in [-0.15, -0.1) is 0 Å². The van der Waals surface area contributed by atoms with Gasteiger partial charge in [0.05, 0.1) is 22.1 Å². The molecule has 0 radical (unpaired) electrons. The first-order valence-electron chi connectivity index (χ1n) is 19.7. The van der Waals surface area contributed by atoms with Gasteiger partial charge in [0, 0.05) is 32.9 Å². The molecule has 0 aliphatic rings. The topological polar surface area (TPSA) is 9.86 Å². The van der Waals surface area contributed by atoms with E-state index in [-0.39, 0.29) is 0 Å². The Morgan fingerprint density at radius 2 is 0.702 bits per heavy atom. The lowest BCUT2D eigenvalue weighted by Gasteiger charge is -2.34. The average molecular weight is 743 g/mol. The first-order valence-corrected chi connectivity index (χ1v) is 21.7. The highest BCUT2D eigenvalue weighted by Gasteiger charge is 2.41. The molecule has 0 bridgehead atoms. The summed E-state index contributed by atoms with van der Waals surface area (Å²) in [7, 11) is -2.66. The van der Waals surface area contributed by atoms with Crippen LogP contribution in [0.25, 0.3) is 66.1 Å². The van der Waals surface area contributed by atoms with E-state index in [1.54, 1.807) is 0 Å². The quantitative estimate of drug-likeness (QED) is 0.114. The lowest BCUT2D eigenvalue weighted by Crippen LogP contribution is -2.74. The lowest BCUT2D eigenvalue weighted by atomic mass is 9.99. The fourth-order valence-electron chi connectivity index (χ4n) is 9.46. The van der Waals surface area contributed by atoms with Gasteiger partial charge in [-0.1, -0.05) is 182 Å². The molecule has 0 unspecified atom stereocenters. The minimum atomic E-state index is -2.66. The molecule has 3 heteroatoms. The zero-order chi connectivity index (χ0) is 37.8. The number of hydrogen-bond donors (Lipinski definition) is 0. The number of rotatable bonds is 7. The predicted octanol–water partition coefficient (Wildman–Crippen LogP) is 10.9. The van der Waals surface area contributed by atoms with Crippen LogP contribution in [0.4, 0.5) is 0 Å². The molecule has 0 aliphatic heterocycles. The van der Waals surface area contributed by atoms with Gasteiger partial charge in [0.25, 0.3) is 0 Å². The van der Waals surface area contributed by atoms with Gasteiger partial charge in [0.2, 0.25) is 0 Å². The van der Waals surface area contributed by atoms with Crippen molar-refractivity contribution in [1.29, 1.82) is 0 Å². The Morgan fingerprint density at radius 3 is 1.26 bits per heavy atom. The van der Waals surface area contributed by atoms with Crippen molar-refractivity contribution in [2.45, 2.75) is 0 Å². The molecule has 0 fully saturated rings. The maximum Gasteiger partial charge on any atom is 0.179 e. The maximum atomic E-state index is 2.47. The molecule has 9 aromatic carbocycles. The fraction of sp³-hybridized carbons (Fsp3) is 0. The highest BCUT2D eigenvalue weighted by molar-refractivity contribution is 7.19. The third-order valence-electron chi connectivity index (χ3n) is 11.9. The summed E-state index contributed by atoms with van der Waals surface area (Å²) in [6.45, 7) is 0. The van der Waals surface area contributed by atoms with E-state index in [9.17, 15) is 0 Å². The van der Waals surface area contributed by atoms with E-state index in [2.05, 4.69) is 240 Å². The monoisotopic (exact) mass is 742 g/mol. The van der Waals surface area contributed by atoms with E-state index in [1.165, 1.54) is 75.5 Å². The Labute approximate surface area is 333 Å². The number of hydrogen-bond acceptors (Lipinski definition) is 0. The summed E-state index contributed by atoms with van der Waals surface area (Å²) in [6, 6.07) is 85.1. The highest BCUT2D eigenvalue weighted by atomic mass is 28.3. The molecule has 11 rings (SSSR count). The number of benzene rings is 9. The van der Waals surface area contributed by atoms with Crippen LogP contribution in [-0.4, -0.2) is 17.2 Å². The van der Waals surface area contributed by atoms with Gasteiger partial charge in [0.1, 0.15) is 0 Å². The molecule has 0 N–H and O–H groups in total. The summed E-state index contributed by atoms with van der Waals surface area (Å²) in [4.78, 5) is 0. The fourth-order valence-corrected chi connectivity index (χ4v) is 14.2. The van der Waals surface area contributed by atoms with E-state index in [1.807, 2.05) is 0 Å². The molecule has 0 saturated heterocycles. The van der Waals surface area contributed by atoms with Crippen LogP contribution in [0.5, 0.6) is 0 Å². The van der Waals surface area contributed by atoms with Crippen molar-refractivity contribution < 1.29 is 0 Å². The summed E-state index contributed by atoms with van der Waals surface area (Å²) < 4.78 is 4.89. The van der Waals surface area contributed by atoms with Crippen LogP contribution >= 0.6 is 0 Å². The van der Waals surface area contributed by atoms with Crippen molar-refractivity contribution >= 4 is 72.4 Å². The van der Waals surface area contributed by atoms with E-state index in [0.29, 0.717) is 0 Å². The van der Waals surface area contributed by atoms with Gasteiger partial charge in [-0.2, -0.15) is 0 Å². The number of nitrogens with zero attached hydrogens (tertiary/aromatic N) is 2. The van der Waals surface area contributed by atoms with Crippen molar-refractivity contribution in [1.82, 2.24) is 9.13 Å². The van der Waals surface area contributed by atoms with Gasteiger partial charge in [-0.3, -0.25) is 0 Å². The van der Waals surface area contributed by atoms with Gasteiger partial charge in [-0.25, -0.2) is 0 Å². The van der Waals surface area contributed by atoms with Gasteiger partial charge in [0.15, 0.2) is 8.07 Å². The van der Waals surface area contributed by atoms with Crippen LogP contribution in [0.2, 0.25) is 0 Å². The molecular weight excluding hydrogens is 705 g/mol. The van der Waals surface area contributed by atoms with Crippen molar-refractivity contribution in [3.63, 3.8) is 0 Å². The van der Waals surface area contributed by atoms with Gasteiger partial charge >= 0.3 is 0 Å². The van der Waals surface area contributed by atoms with Crippen LogP contribution in [0.3, 0.4) is 0 Å². The Balaban J connectivity index is 1.16. The minimum Gasteiger partial charge on any atom is -0.309 e. The van der Waals surface area contributed by atoms with Crippen molar-refractivity contribution in [3.8, 4) is 22.5 Å². The Kier molecular flexibility index (Phi) is 7.87. The second-order valence-corrected chi connectivity index (χ2v) is 18.7. The number of para-hydroxylation sites is 2. The molecule has 2 nitrogen and oxygen atoms in total. The average Bonchev–Trinajstić information content (AvgIpc) is 3.81. The zero-order valence-electron chi connectivity index (χ0n) is 31.3. The summed E-state index contributed by atoms with van der Waals surface area (Å²) in [5.74, 6) is 0. The zero-order valence-corrected chi connectivity index (χ0v) is 32.3. The molecule has 0 spiro atoms. The first-order chi connectivity index (χ1) is 28.3. The largest absolute Gasteiger partial charge is 0.309 e. The predicted molar refractivity (Wildman–Crippen MR) is 244 cm³/mol. The molecule has 0 amide bonds. The summed E-state index contributed by atoms with van der Waals surface area (Å²) in [5.41, 5.74) is 9.54. The molecule has 11 aromatic rings. The van der Waals surface area contributed by atoms with Crippen molar-refractivity contribution in [2.75, 3.05) is 0 Å². The minimum absolute atomic E-state index is 1.14. The highest BCUT2D eigenvalue weighted by Crippen LogP contribution is 2.40. The molecule has 0 atom stereocenters. The smallest absolute Gasteiger partial charge is 0.179 e. The second-order valence-electron chi connectivity index (χ2n) is 14.9. The van der Waals surface area contributed by atoms with E-state index < -0.39 is 8.07 Å². The van der Waals surface area contributed by atoms with Crippen LogP contribution < -0.4 is 20.7 Å². The number of aromatic nitrogens is 2. The SMILES string of the molecule is c1ccc(-c2cccc3c2c2cc(-n4c5ccccc5c5ccccc54)ccc2n3-c2ccc([Si](c3ccccc3)(c3ccccc3)c3ccccc3)cc2)cc1. The van der Waals surface area contributed by atoms with Crippen LogP contribution in [0.15, 0.2) is 231 Å². The Hall–Kier alpha value is -7.20.